The molecule has 7 heteroatoms. The van der Waals surface area contributed by atoms with Crippen LogP contribution >= 0.6 is 15.9 Å². The normalized spacial score (nSPS) is 10.4. The third-order valence-electron chi connectivity index (χ3n) is 3.80. The number of rotatable bonds is 6. The van der Waals surface area contributed by atoms with E-state index in [1.807, 2.05) is 24.3 Å². The highest BCUT2D eigenvalue weighted by molar-refractivity contribution is 9.10. The van der Waals surface area contributed by atoms with E-state index in [9.17, 15) is 4.79 Å². The average Bonchev–Trinajstić information content (AvgIpc) is 3.09. The molecule has 3 aromatic rings. The molecule has 0 spiro atoms. The van der Waals surface area contributed by atoms with Crippen molar-refractivity contribution in [2.24, 2.45) is 0 Å². The lowest BCUT2D eigenvalue weighted by molar-refractivity contribution is 0.102. The van der Waals surface area contributed by atoms with Gasteiger partial charge in [0.1, 0.15) is 11.5 Å². The van der Waals surface area contributed by atoms with E-state index < -0.39 is 0 Å². The molecular weight excluding hydrogens is 398 g/mol. The Morgan fingerprint density at radius 1 is 1.15 bits per heavy atom. The first kappa shape index (κ1) is 18.0. The molecule has 0 bridgehead atoms. The van der Waals surface area contributed by atoms with Crippen LogP contribution in [0.2, 0.25) is 0 Å². The van der Waals surface area contributed by atoms with Crippen LogP contribution in [0.3, 0.4) is 0 Å². The lowest BCUT2D eigenvalue weighted by atomic mass is 10.1. The van der Waals surface area contributed by atoms with Crippen molar-refractivity contribution in [1.29, 1.82) is 0 Å². The number of methoxy groups -OCH3 is 2. The molecule has 0 aliphatic rings. The Labute approximate surface area is 159 Å². The van der Waals surface area contributed by atoms with Crippen LogP contribution < -0.4 is 14.8 Å². The van der Waals surface area contributed by atoms with Crippen LogP contribution in [-0.4, -0.2) is 29.9 Å². The number of benzene rings is 2. The van der Waals surface area contributed by atoms with E-state index in [4.69, 9.17) is 9.47 Å². The molecule has 1 amide bonds. The molecule has 0 aliphatic carbocycles. The van der Waals surface area contributed by atoms with Crippen molar-refractivity contribution < 1.29 is 14.3 Å². The van der Waals surface area contributed by atoms with Gasteiger partial charge in [0, 0.05) is 16.7 Å². The summed E-state index contributed by atoms with van der Waals surface area (Å²) in [5.41, 5.74) is 2.16. The molecule has 2 aromatic carbocycles. The Balaban J connectivity index is 1.70. The second kappa shape index (κ2) is 8.05. The molecule has 0 atom stereocenters. The minimum Gasteiger partial charge on any atom is -0.497 e. The summed E-state index contributed by atoms with van der Waals surface area (Å²) >= 11 is 3.42. The van der Waals surface area contributed by atoms with E-state index in [1.54, 1.807) is 42.4 Å². The smallest absolute Gasteiger partial charge is 0.259 e. The highest BCUT2D eigenvalue weighted by atomic mass is 79.9. The maximum Gasteiger partial charge on any atom is 0.259 e. The van der Waals surface area contributed by atoms with Gasteiger partial charge in [0.15, 0.2) is 0 Å². The fourth-order valence-corrected chi connectivity index (χ4v) is 2.74. The molecule has 1 aromatic heterocycles. The summed E-state index contributed by atoms with van der Waals surface area (Å²) < 4.78 is 13.2. The van der Waals surface area contributed by atoms with Gasteiger partial charge in [-0.2, -0.15) is 5.10 Å². The number of halogens is 1. The van der Waals surface area contributed by atoms with Crippen molar-refractivity contribution in [2.75, 3.05) is 19.5 Å². The number of hydrogen-bond acceptors (Lipinski definition) is 4. The van der Waals surface area contributed by atoms with E-state index in [0.29, 0.717) is 29.3 Å². The number of carbonyl (C=O) groups excluding carboxylic acids is 1. The summed E-state index contributed by atoms with van der Waals surface area (Å²) in [7, 11) is 3.08. The maximum absolute atomic E-state index is 12.5. The van der Waals surface area contributed by atoms with Crippen LogP contribution in [0.25, 0.3) is 0 Å². The van der Waals surface area contributed by atoms with E-state index >= 15 is 0 Å². The quantitative estimate of drug-likeness (QED) is 0.661. The number of hydrogen-bond donors (Lipinski definition) is 1. The highest BCUT2D eigenvalue weighted by Crippen LogP contribution is 2.25. The molecule has 0 saturated heterocycles. The van der Waals surface area contributed by atoms with Gasteiger partial charge in [-0.05, 0) is 29.8 Å². The SMILES string of the molecule is COc1ccc(C(=O)Nc2cnn(Cc3ccc(Br)cc3)c2)c(OC)c1. The first-order chi connectivity index (χ1) is 12.6. The number of nitrogens with one attached hydrogen (secondary N) is 1. The fourth-order valence-electron chi connectivity index (χ4n) is 2.48. The van der Waals surface area contributed by atoms with Gasteiger partial charge in [0.25, 0.3) is 5.91 Å². The van der Waals surface area contributed by atoms with Gasteiger partial charge in [-0.3, -0.25) is 9.48 Å². The van der Waals surface area contributed by atoms with Crippen molar-refractivity contribution >= 4 is 27.5 Å². The van der Waals surface area contributed by atoms with Crippen LogP contribution in [0.1, 0.15) is 15.9 Å². The minimum atomic E-state index is -0.271. The molecule has 134 valence electrons. The Morgan fingerprint density at radius 3 is 2.62 bits per heavy atom. The molecule has 0 saturated carbocycles. The molecule has 1 heterocycles. The monoisotopic (exact) mass is 415 g/mol. The number of nitrogens with zero attached hydrogens (tertiary/aromatic N) is 2. The van der Waals surface area contributed by atoms with Crippen LogP contribution in [0.15, 0.2) is 59.3 Å². The van der Waals surface area contributed by atoms with Crippen molar-refractivity contribution in [2.45, 2.75) is 6.54 Å². The van der Waals surface area contributed by atoms with Gasteiger partial charge in [-0.1, -0.05) is 28.1 Å². The Bertz CT molecular complexity index is 907. The van der Waals surface area contributed by atoms with Gasteiger partial charge in [-0.25, -0.2) is 0 Å². The third kappa shape index (κ3) is 4.23. The first-order valence-electron chi connectivity index (χ1n) is 7.89. The molecule has 0 fully saturated rings. The first-order valence-corrected chi connectivity index (χ1v) is 8.68. The number of anilines is 1. The van der Waals surface area contributed by atoms with Gasteiger partial charge in [0.05, 0.1) is 38.2 Å². The van der Waals surface area contributed by atoms with Crippen molar-refractivity contribution in [3.8, 4) is 11.5 Å². The summed E-state index contributed by atoms with van der Waals surface area (Å²) in [6.45, 7) is 0.620. The third-order valence-corrected chi connectivity index (χ3v) is 4.33. The molecule has 6 nitrogen and oxygen atoms in total. The number of aromatic nitrogens is 2. The fraction of sp³-hybridized carbons (Fsp3) is 0.158. The number of carbonyl (C=O) groups is 1. The van der Waals surface area contributed by atoms with Gasteiger partial charge >= 0.3 is 0 Å². The predicted octanol–water partition coefficient (Wildman–Crippen LogP) is 3.96. The van der Waals surface area contributed by atoms with E-state index in [-0.39, 0.29) is 5.91 Å². The molecule has 0 radical (unpaired) electrons. The van der Waals surface area contributed by atoms with Gasteiger partial charge < -0.3 is 14.8 Å². The van der Waals surface area contributed by atoms with Crippen LogP contribution in [-0.2, 0) is 6.54 Å². The predicted molar refractivity (Wildman–Crippen MR) is 103 cm³/mol. The summed E-state index contributed by atoms with van der Waals surface area (Å²) in [4.78, 5) is 12.5. The Kier molecular flexibility index (Phi) is 5.58. The molecule has 1 N–H and O–H groups in total. The van der Waals surface area contributed by atoms with E-state index in [2.05, 4.69) is 26.3 Å². The number of ether oxygens (including phenoxy) is 2. The summed E-state index contributed by atoms with van der Waals surface area (Å²) in [6, 6.07) is 13.1. The standard InChI is InChI=1S/C19H18BrN3O3/c1-25-16-7-8-17(18(9-16)26-2)19(24)22-15-10-21-23(12-15)11-13-3-5-14(20)6-4-13/h3-10,12H,11H2,1-2H3,(H,22,24). The van der Waals surface area contributed by atoms with E-state index in [1.165, 1.54) is 7.11 Å². The average molecular weight is 416 g/mol. The zero-order chi connectivity index (χ0) is 18.5. The summed E-state index contributed by atoms with van der Waals surface area (Å²) in [5.74, 6) is 0.803. The topological polar surface area (TPSA) is 65.4 Å². The zero-order valence-corrected chi connectivity index (χ0v) is 16.0. The van der Waals surface area contributed by atoms with Crippen molar-refractivity contribution in [1.82, 2.24) is 9.78 Å². The Morgan fingerprint density at radius 2 is 1.92 bits per heavy atom. The summed E-state index contributed by atoms with van der Waals surface area (Å²) in [5, 5.41) is 7.12. The van der Waals surface area contributed by atoms with Gasteiger partial charge in [0.2, 0.25) is 0 Å². The second-order valence-electron chi connectivity index (χ2n) is 5.57. The molecule has 3 rings (SSSR count). The summed E-state index contributed by atoms with van der Waals surface area (Å²) in [6.07, 6.45) is 3.41. The lowest BCUT2D eigenvalue weighted by Crippen LogP contribution is -2.13. The Hall–Kier alpha value is -2.80. The highest BCUT2D eigenvalue weighted by Gasteiger charge is 2.14. The molecule has 0 aliphatic heterocycles. The molecular formula is C19H18BrN3O3. The van der Waals surface area contributed by atoms with Crippen LogP contribution in [0.5, 0.6) is 11.5 Å². The zero-order valence-electron chi connectivity index (χ0n) is 14.4. The lowest BCUT2D eigenvalue weighted by Gasteiger charge is -2.10. The molecule has 26 heavy (non-hydrogen) atoms. The maximum atomic E-state index is 12.5. The largest absolute Gasteiger partial charge is 0.497 e. The number of amides is 1. The van der Waals surface area contributed by atoms with Gasteiger partial charge in [-0.15, -0.1) is 0 Å². The van der Waals surface area contributed by atoms with Crippen molar-refractivity contribution in [3.63, 3.8) is 0 Å². The van der Waals surface area contributed by atoms with E-state index in [0.717, 1.165) is 10.0 Å². The van der Waals surface area contributed by atoms with Crippen LogP contribution in [0, 0.1) is 0 Å². The molecule has 0 unspecified atom stereocenters. The van der Waals surface area contributed by atoms with Crippen LogP contribution in [0.4, 0.5) is 5.69 Å². The minimum absolute atomic E-state index is 0.271. The second-order valence-corrected chi connectivity index (χ2v) is 6.49. The van der Waals surface area contributed by atoms with Crippen molar-refractivity contribution in [3.05, 3.63) is 70.5 Å².